The lowest BCUT2D eigenvalue weighted by Crippen LogP contribution is -1.97. The second-order valence-corrected chi connectivity index (χ2v) is 2.96. The molecular formula is C7H10BrClN2. The summed E-state index contributed by atoms with van der Waals surface area (Å²) in [5.74, 6) is 0. The third-order valence-corrected chi connectivity index (χ3v) is 1.62. The normalized spacial score (nSPS) is 9.00. The molecule has 1 rings (SSSR count). The molecule has 0 aliphatic rings. The lowest BCUT2D eigenvalue weighted by atomic mass is 10.2. The molecule has 0 aliphatic carbocycles. The van der Waals surface area contributed by atoms with Crippen molar-refractivity contribution in [2.45, 2.75) is 13.5 Å². The third kappa shape index (κ3) is 3.18. The average molecular weight is 238 g/mol. The highest BCUT2D eigenvalue weighted by Crippen LogP contribution is 2.09. The highest BCUT2D eigenvalue weighted by molar-refractivity contribution is 9.10. The predicted molar refractivity (Wildman–Crippen MR) is 51.8 cm³/mol. The number of hydrogen-bond acceptors (Lipinski definition) is 2. The largest absolute Gasteiger partial charge is 0.326 e. The van der Waals surface area contributed by atoms with E-state index in [2.05, 4.69) is 20.9 Å². The maximum atomic E-state index is 5.44. The number of pyridine rings is 1. The second-order valence-electron chi connectivity index (χ2n) is 2.14. The molecule has 11 heavy (non-hydrogen) atoms. The molecule has 0 atom stereocenters. The Kier molecular flexibility index (Phi) is 4.65. The van der Waals surface area contributed by atoms with Crippen molar-refractivity contribution in [3.63, 3.8) is 0 Å². The van der Waals surface area contributed by atoms with Gasteiger partial charge in [-0.1, -0.05) is 0 Å². The van der Waals surface area contributed by atoms with Gasteiger partial charge in [-0.3, -0.25) is 0 Å². The molecule has 62 valence electrons. The number of aryl methyl sites for hydroxylation is 1. The van der Waals surface area contributed by atoms with Crippen LogP contribution in [0.5, 0.6) is 0 Å². The summed E-state index contributed by atoms with van der Waals surface area (Å²) < 4.78 is 0.855. The summed E-state index contributed by atoms with van der Waals surface area (Å²) in [5.41, 5.74) is 7.54. The summed E-state index contributed by atoms with van der Waals surface area (Å²) in [6, 6.07) is 3.90. The molecule has 0 unspecified atom stereocenters. The van der Waals surface area contributed by atoms with Gasteiger partial charge < -0.3 is 5.73 Å². The number of halogens is 2. The molecule has 1 aromatic rings. The second kappa shape index (κ2) is 4.70. The van der Waals surface area contributed by atoms with Crippen LogP contribution in [0.3, 0.4) is 0 Å². The van der Waals surface area contributed by atoms with Crippen LogP contribution in [0, 0.1) is 6.92 Å². The van der Waals surface area contributed by atoms with E-state index in [0.29, 0.717) is 6.54 Å². The van der Waals surface area contributed by atoms with Crippen molar-refractivity contribution in [2.24, 2.45) is 5.73 Å². The van der Waals surface area contributed by atoms with Crippen molar-refractivity contribution >= 4 is 28.3 Å². The van der Waals surface area contributed by atoms with E-state index in [1.807, 2.05) is 19.1 Å². The Hall–Kier alpha value is -0.120. The van der Waals surface area contributed by atoms with Crippen LogP contribution in [-0.4, -0.2) is 4.98 Å². The Bertz CT molecular complexity index is 220. The quantitative estimate of drug-likeness (QED) is 0.759. The Labute approximate surface area is 80.7 Å². The van der Waals surface area contributed by atoms with E-state index in [1.54, 1.807) is 0 Å². The molecule has 0 amide bonds. The Balaban J connectivity index is 0.000001000. The van der Waals surface area contributed by atoms with E-state index in [9.17, 15) is 0 Å². The smallest absolute Gasteiger partial charge is 0.106 e. The van der Waals surface area contributed by atoms with Gasteiger partial charge in [0.1, 0.15) is 4.60 Å². The lowest BCUT2D eigenvalue weighted by molar-refractivity contribution is 1.03. The predicted octanol–water partition coefficient (Wildman–Crippen LogP) is 2.03. The molecule has 1 aromatic heterocycles. The maximum absolute atomic E-state index is 5.44. The minimum atomic E-state index is 0. The van der Waals surface area contributed by atoms with Gasteiger partial charge in [-0.25, -0.2) is 4.98 Å². The first-order valence-electron chi connectivity index (χ1n) is 3.05. The molecule has 0 fully saturated rings. The van der Waals surface area contributed by atoms with Crippen LogP contribution in [0.25, 0.3) is 0 Å². The Morgan fingerprint density at radius 2 is 2.18 bits per heavy atom. The summed E-state index contributed by atoms with van der Waals surface area (Å²) in [6.07, 6.45) is 0. The zero-order valence-electron chi connectivity index (χ0n) is 6.17. The topological polar surface area (TPSA) is 38.9 Å². The van der Waals surface area contributed by atoms with Crippen LogP contribution >= 0.6 is 28.3 Å². The van der Waals surface area contributed by atoms with Gasteiger partial charge in [0.25, 0.3) is 0 Å². The first-order valence-corrected chi connectivity index (χ1v) is 3.85. The molecule has 4 heteroatoms. The summed E-state index contributed by atoms with van der Waals surface area (Å²) in [5, 5.41) is 0. The first kappa shape index (κ1) is 10.9. The van der Waals surface area contributed by atoms with Gasteiger partial charge in [0.2, 0.25) is 0 Å². The molecule has 0 aliphatic heterocycles. The molecule has 0 aromatic carbocycles. The van der Waals surface area contributed by atoms with E-state index < -0.39 is 0 Å². The van der Waals surface area contributed by atoms with Crippen LogP contribution in [0.1, 0.15) is 11.3 Å². The molecule has 0 saturated heterocycles. The highest BCUT2D eigenvalue weighted by atomic mass is 79.9. The van der Waals surface area contributed by atoms with Crippen LogP contribution in [-0.2, 0) is 6.54 Å². The highest BCUT2D eigenvalue weighted by Gasteiger charge is 1.93. The van der Waals surface area contributed by atoms with E-state index in [1.165, 1.54) is 0 Å². The zero-order valence-corrected chi connectivity index (χ0v) is 8.58. The van der Waals surface area contributed by atoms with E-state index in [4.69, 9.17) is 5.73 Å². The van der Waals surface area contributed by atoms with Crippen molar-refractivity contribution in [1.82, 2.24) is 4.98 Å². The Morgan fingerprint density at radius 3 is 2.64 bits per heavy atom. The minimum Gasteiger partial charge on any atom is -0.326 e. The van der Waals surface area contributed by atoms with Crippen molar-refractivity contribution < 1.29 is 0 Å². The molecular weight excluding hydrogens is 227 g/mol. The van der Waals surface area contributed by atoms with Gasteiger partial charge >= 0.3 is 0 Å². The summed E-state index contributed by atoms with van der Waals surface area (Å²) in [6.45, 7) is 2.52. The lowest BCUT2D eigenvalue weighted by Gasteiger charge is -1.98. The third-order valence-electron chi connectivity index (χ3n) is 1.22. The number of nitrogens with two attached hydrogens (primary N) is 1. The van der Waals surface area contributed by atoms with Crippen LogP contribution in [0.4, 0.5) is 0 Å². The number of hydrogen-bond donors (Lipinski definition) is 1. The van der Waals surface area contributed by atoms with Crippen molar-refractivity contribution in [3.05, 3.63) is 28.0 Å². The molecule has 0 spiro atoms. The van der Waals surface area contributed by atoms with E-state index >= 15 is 0 Å². The number of nitrogens with zero attached hydrogens (tertiary/aromatic N) is 1. The average Bonchev–Trinajstić information content (AvgIpc) is 1.85. The van der Waals surface area contributed by atoms with Crippen molar-refractivity contribution in [3.8, 4) is 0 Å². The molecule has 0 radical (unpaired) electrons. The van der Waals surface area contributed by atoms with Crippen molar-refractivity contribution in [1.29, 1.82) is 0 Å². The van der Waals surface area contributed by atoms with Gasteiger partial charge in [-0.05, 0) is 40.5 Å². The van der Waals surface area contributed by atoms with E-state index in [-0.39, 0.29) is 12.4 Å². The molecule has 2 nitrogen and oxygen atoms in total. The summed E-state index contributed by atoms with van der Waals surface area (Å²) in [4.78, 5) is 4.14. The number of aromatic nitrogens is 1. The summed E-state index contributed by atoms with van der Waals surface area (Å²) >= 11 is 3.29. The molecule has 0 saturated carbocycles. The van der Waals surface area contributed by atoms with Gasteiger partial charge in [0, 0.05) is 12.2 Å². The zero-order chi connectivity index (χ0) is 7.56. The standard InChI is InChI=1S/C7H9BrN2.ClH/c1-5-2-6(4-9)3-7(8)10-5;/h2-3H,4,9H2,1H3;1H. The first-order chi connectivity index (χ1) is 4.72. The van der Waals surface area contributed by atoms with Crippen LogP contribution < -0.4 is 5.73 Å². The van der Waals surface area contributed by atoms with E-state index in [0.717, 1.165) is 15.9 Å². The monoisotopic (exact) mass is 236 g/mol. The minimum absolute atomic E-state index is 0. The molecule has 2 N–H and O–H groups in total. The van der Waals surface area contributed by atoms with Crippen LogP contribution in [0.2, 0.25) is 0 Å². The Morgan fingerprint density at radius 1 is 1.55 bits per heavy atom. The van der Waals surface area contributed by atoms with Crippen LogP contribution in [0.15, 0.2) is 16.7 Å². The van der Waals surface area contributed by atoms with Gasteiger partial charge in [0.05, 0.1) is 0 Å². The molecule has 1 heterocycles. The summed E-state index contributed by atoms with van der Waals surface area (Å²) in [7, 11) is 0. The fourth-order valence-corrected chi connectivity index (χ4v) is 1.39. The van der Waals surface area contributed by atoms with Gasteiger partial charge in [0.15, 0.2) is 0 Å². The van der Waals surface area contributed by atoms with Crippen molar-refractivity contribution in [2.75, 3.05) is 0 Å². The number of rotatable bonds is 1. The fraction of sp³-hybridized carbons (Fsp3) is 0.286. The molecule has 0 bridgehead atoms. The maximum Gasteiger partial charge on any atom is 0.106 e. The van der Waals surface area contributed by atoms with Gasteiger partial charge in [-0.2, -0.15) is 0 Å². The SMILES string of the molecule is Cc1cc(CN)cc(Br)n1.Cl. The van der Waals surface area contributed by atoms with Gasteiger partial charge in [-0.15, -0.1) is 12.4 Å². The fourth-order valence-electron chi connectivity index (χ4n) is 0.814.